The lowest BCUT2D eigenvalue weighted by Gasteiger charge is -2.16. The van der Waals surface area contributed by atoms with E-state index in [9.17, 15) is 9.59 Å². The van der Waals surface area contributed by atoms with E-state index in [0.717, 1.165) is 16.3 Å². The lowest BCUT2D eigenvalue weighted by atomic mass is 10.00. The fourth-order valence-corrected chi connectivity index (χ4v) is 2.70. The molecule has 2 aromatic carbocycles. The number of benzene rings is 2. The summed E-state index contributed by atoms with van der Waals surface area (Å²) in [5, 5.41) is 9.10. The number of nitrogens with zero attached hydrogens (tertiary/aromatic N) is 3. The molecule has 25 heavy (non-hydrogen) atoms. The van der Waals surface area contributed by atoms with E-state index in [1.807, 2.05) is 49.4 Å². The highest BCUT2D eigenvalue weighted by Crippen LogP contribution is 2.23. The third-order valence-corrected chi connectivity index (χ3v) is 3.88. The van der Waals surface area contributed by atoms with Crippen molar-refractivity contribution in [1.82, 2.24) is 20.1 Å². The van der Waals surface area contributed by atoms with Gasteiger partial charge in [-0.25, -0.2) is 14.5 Å². The van der Waals surface area contributed by atoms with Gasteiger partial charge in [0.05, 0.1) is 13.2 Å². The summed E-state index contributed by atoms with van der Waals surface area (Å²) >= 11 is 0. The van der Waals surface area contributed by atoms with E-state index in [0.29, 0.717) is 0 Å². The first-order valence-electron chi connectivity index (χ1n) is 7.83. The van der Waals surface area contributed by atoms with Crippen molar-refractivity contribution in [3.05, 3.63) is 60.2 Å². The predicted octanol–water partition coefficient (Wildman–Crippen LogP) is 2.10. The number of rotatable bonds is 5. The summed E-state index contributed by atoms with van der Waals surface area (Å²) < 4.78 is 5.84. The summed E-state index contributed by atoms with van der Waals surface area (Å²) in [6, 6.07) is 13.9. The van der Waals surface area contributed by atoms with Crippen molar-refractivity contribution >= 4 is 22.6 Å². The zero-order valence-electron chi connectivity index (χ0n) is 14.0. The van der Waals surface area contributed by atoms with Crippen molar-refractivity contribution in [2.75, 3.05) is 7.11 Å². The highest BCUT2D eigenvalue weighted by Gasteiger charge is 2.15. The third kappa shape index (κ3) is 3.65. The molecule has 1 atom stereocenters. The van der Waals surface area contributed by atoms with E-state index in [-0.39, 0.29) is 24.3 Å². The highest BCUT2D eigenvalue weighted by molar-refractivity contribution is 5.87. The number of fused-ring (bicyclic) bond motifs is 1. The second-order valence-corrected chi connectivity index (χ2v) is 5.61. The van der Waals surface area contributed by atoms with Gasteiger partial charge in [-0.3, -0.25) is 4.79 Å². The predicted molar refractivity (Wildman–Crippen MR) is 91.9 cm³/mol. The average Bonchev–Trinajstić information content (AvgIpc) is 3.08. The molecule has 0 saturated carbocycles. The fourth-order valence-electron chi connectivity index (χ4n) is 2.70. The van der Waals surface area contributed by atoms with E-state index in [2.05, 4.69) is 20.1 Å². The zero-order chi connectivity index (χ0) is 17.8. The van der Waals surface area contributed by atoms with Crippen molar-refractivity contribution in [2.45, 2.75) is 19.5 Å². The number of amides is 1. The lowest BCUT2D eigenvalue weighted by molar-refractivity contribution is -0.122. The van der Waals surface area contributed by atoms with E-state index < -0.39 is 5.97 Å². The van der Waals surface area contributed by atoms with Gasteiger partial charge in [0, 0.05) is 0 Å². The van der Waals surface area contributed by atoms with Crippen LogP contribution in [-0.4, -0.2) is 33.8 Å². The van der Waals surface area contributed by atoms with Gasteiger partial charge in [-0.15, -0.1) is 5.10 Å². The van der Waals surface area contributed by atoms with Crippen LogP contribution in [0.2, 0.25) is 0 Å². The van der Waals surface area contributed by atoms with Crippen LogP contribution >= 0.6 is 0 Å². The first-order chi connectivity index (χ1) is 12.1. The van der Waals surface area contributed by atoms with Gasteiger partial charge in [0.1, 0.15) is 12.9 Å². The number of esters is 1. The molecular weight excluding hydrogens is 320 g/mol. The van der Waals surface area contributed by atoms with Crippen LogP contribution in [0.4, 0.5) is 0 Å². The van der Waals surface area contributed by atoms with Crippen molar-refractivity contribution < 1.29 is 14.3 Å². The molecule has 1 heterocycles. The molecule has 0 fully saturated rings. The molecule has 0 spiro atoms. The molecule has 1 aromatic heterocycles. The van der Waals surface area contributed by atoms with Crippen molar-refractivity contribution in [3.8, 4) is 0 Å². The van der Waals surface area contributed by atoms with Gasteiger partial charge in [-0.2, -0.15) is 0 Å². The molecule has 1 N–H and O–H groups in total. The number of carbonyl (C=O) groups is 2. The van der Waals surface area contributed by atoms with E-state index in [1.165, 1.54) is 18.1 Å². The Bertz CT molecular complexity index is 914. The molecule has 1 unspecified atom stereocenters. The average molecular weight is 338 g/mol. The molecule has 7 heteroatoms. The number of hydrogen-bond donors (Lipinski definition) is 1. The Kier molecular flexibility index (Phi) is 4.74. The number of nitrogens with one attached hydrogen (secondary N) is 1. The summed E-state index contributed by atoms with van der Waals surface area (Å²) in [6.45, 7) is 1.90. The SMILES string of the molecule is COC(=O)c1ncn(CC(=O)NC(C)c2cccc3ccccc23)n1. The smallest absolute Gasteiger partial charge is 0.377 e. The number of aromatic nitrogens is 3. The summed E-state index contributed by atoms with van der Waals surface area (Å²) in [5.74, 6) is -0.928. The highest BCUT2D eigenvalue weighted by atomic mass is 16.5. The zero-order valence-corrected chi connectivity index (χ0v) is 14.0. The lowest BCUT2D eigenvalue weighted by Crippen LogP contribution is -2.30. The Balaban J connectivity index is 1.70. The molecule has 0 aliphatic carbocycles. The van der Waals surface area contributed by atoms with Crippen molar-refractivity contribution in [3.63, 3.8) is 0 Å². The number of hydrogen-bond acceptors (Lipinski definition) is 5. The minimum absolute atomic E-state index is 0.0287. The minimum Gasteiger partial charge on any atom is -0.463 e. The molecule has 128 valence electrons. The number of carbonyl (C=O) groups excluding carboxylic acids is 2. The fraction of sp³-hybridized carbons (Fsp3) is 0.222. The van der Waals surface area contributed by atoms with Gasteiger partial charge in [0.2, 0.25) is 5.91 Å². The van der Waals surface area contributed by atoms with Crippen LogP contribution < -0.4 is 5.32 Å². The molecule has 0 saturated heterocycles. The van der Waals surface area contributed by atoms with Gasteiger partial charge < -0.3 is 10.1 Å². The Morgan fingerprint density at radius 3 is 2.76 bits per heavy atom. The Morgan fingerprint density at radius 1 is 1.20 bits per heavy atom. The van der Waals surface area contributed by atoms with Gasteiger partial charge in [-0.05, 0) is 23.3 Å². The second-order valence-electron chi connectivity index (χ2n) is 5.61. The van der Waals surface area contributed by atoms with Gasteiger partial charge >= 0.3 is 5.97 Å². The topological polar surface area (TPSA) is 86.1 Å². The molecule has 7 nitrogen and oxygen atoms in total. The maximum absolute atomic E-state index is 12.3. The maximum Gasteiger partial charge on any atom is 0.377 e. The van der Waals surface area contributed by atoms with E-state index >= 15 is 0 Å². The summed E-state index contributed by atoms with van der Waals surface area (Å²) in [7, 11) is 1.25. The van der Waals surface area contributed by atoms with Crippen LogP contribution in [0.15, 0.2) is 48.8 Å². The molecule has 3 aromatic rings. The van der Waals surface area contributed by atoms with E-state index in [1.54, 1.807) is 0 Å². The Labute approximate surface area is 144 Å². The van der Waals surface area contributed by atoms with Crippen LogP contribution in [-0.2, 0) is 16.1 Å². The van der Waals surface area contributed by atoms with Gasteiger partial charge in [0.15, 0.2) is 0 Å². The number of ether oxygens (including phenoxy) is 1. The first kappa shape index (κ1) is 16.6. The third-order valence-electron chi connectivity index (χ3n) is 3.88. The Hall–Kier alpha value is -3.22. The summed E-state index contributed by atoms with van der Waals surface area (Å²) in [5.41, 5.74) is 1.04. The van der Waals surface area contributed by atoms with Crippen LogP contribution in [0.1, 0.15) is 29.1 Å². The monoisotopic (exact) mass is 338 g/mol. The molecule has 0 aliphatic rings. The molecule has 3 rings (SSSR count). The minimum atomic E-state index is -0.636. The molecule has 0 bridgehead atoms. The molecular formula is C18H18N4O3. The van der Waals surface area contributed by atoms with Gasteiger partial charge in [0.25, 0.3) is 5.82 Å². The maximum atomic E-state index is 12.3. The van der Waals surface area contributed by atoms with Crippen molar-refractivity contribution in [2.24, 2.45) is 0 Å². The van der Waals surface area contributed by atoms with Crippen LogP contribution in [0, 0.1) is 0 Å². The standard InChI is InChI=1S/C18H18N4O3/c1-12(14-9-5-7-13-6-3-4-8-15(13)14)20-16(23)10-22-11-19-17(21-22)18(24)25-2/h3-9,11-12H,10H2,1-2H3,(H,20,23). The number of methoxy groups -OCH3 is 1. The van der Waals surface area contributed by atoms with Crippen LogP contribution in [0.25, 0.3) is 10.8 Å². The largest absolute Gasteiger partial charge is 0.463 e. The van der Waals surface area contributed by atoms with Crippen LogP contribution in [0.3, 0.4) is 0 Å². The first-order valence-corrected chi connectivity index (χ1v) is 7.83. The molecule has 0 radical (unpaired) electrons. The summed E-state index contributed by atoms with van der Waals surface area (Å²) in [6.07, 6.45) is 1.33. The molecule has 1 amide bonds. The quantitative estimate of drug-likeness (QED) is 0.720. The molecule has 0 aliphatic heterocycles. The van der Waals surface area contributed by atoms with E-state index in [4.69, 9.17) is 0 Å². The van der Waals surface area contributed by atoms with Crippen LogP contribution in [0.5, 0.6) is 0 Å². The summed E-state index contributed by atoms with van der Waals surface area (Å²) in [4.78, 5) is 27.4. The van der Waals surface area contributed by atoms with Crippen molar-refractivity contribution in [1.29, 1.82) is 0 Å². The van der Waals surface area contributed by atoms with Gasteiger partial charge in [-0.1, -0.05) is 42.5 Å². The normalized spacial score (nSPS) is 11.9. The second kappa shape index (κ2) is 7.12. The Morgan fingerprint density at radius 2 is 1.96 bits per heavy atom.